The molecular weight excluding hydrogens is 342 g/mol. The fourth-order valence-electron chi connectivity index (χ4n) is 1.50. The first-order chi connectivity index (χ1) is 10.0. The minimum Gasteiger partial charge on any atom is -0.507 e. The van der Waals surface area contributed by atoms with E-state index in [1.165, 1.54) is 26.4 Å². The van der Waals surface area contributed by atoms with E-state index in [2.05, 4.69) is 31.2 Å². The number of ether oxygens (including phenoxy) is 2. The quantitative estimate of drug-likeness (QED) is 0.875. The van der Waals surface area contributed by atoms with Crippen LogP contribution in [0.1, 0.15) is 10.4 Å². The molecule has 1 heterocycles. The first-order valence-electron chi connectivity index (χ1n) is 5.80. The zero-order chi connectivity index (χ0) is 15.4. The number of rotatable bonds is 4. The van der Waals surface area contributed by atoms with Crippen LogP contribution < -0.4 is 14.8 Å². The van der Waals surface area contributed by atoms with Gasteiger partial charge in [-0.05, 0) is 34.1 Å². The number of aromatic nitrogens is 2. The summed E-state index contributed by atoms with van der Waals surface area (Å²) in [5.74, 6) is 0.0603. The van der Waals surface area contributed by atoms with Gasteiger partial charge >= 0.3 is 0 Å². The maximum Gasteiger partial charge on any atom is 0.258 e. The van der Waals surface area contributed by atoms with Gasteiger partial charge < -0.3 is 14.6 Å². The molecule has 0 saturated heterocycles. The van der Waals surface area contributed by atoms with Crippen LogP contribution in [0, 0.1) is 0 Å². The van der Waals surface area contributed by atoms with Crippen molar-refractivity contribution in [1.82, 2.24) is 9.97 Å². The summed E-state index contributed by atoms with van der Waals surface area (Å²) in [6, 6.07) is 5.94. The van der Waals surface area contributed by atoms with Crippen molar-refractivity contribution < 1.29 is 19.4 Å². The molecule has 2 aromatic rings. The summed E-state index contributed by atoms with van der Waals surface area (Å²) in [5.41, 5.74) is 0.265. The number of carbonyl (C=O) groups excluding carboxylic acids is 1. The van der Waals surface area contributed by atoms with Gasteiger partial charge in [-0.1, -0.05) is 0 Å². The van der Waals surface area contributed by atoms with Crippen LogP contribution >= 0.6 is 15.9 Å². The molecule has 0 unspecified atom stereocenters. The SMILES string of the molecule is COc1cc(OC)nc(NC(=O)c2ccc(Br)c(O)c2)n1. The standard InChI is InChI=1S/C13H12BrN3O4/c1-20-10-6-11(21-2)16-13(15-10)17-12(19)7-3-4-8(14)9(18)5-7/h3-6,18H,1-2H3,(H,15,16,17,19). The van der Waals surface area contributed by atoms with E-state index in [0.717, 1.165) is 0 Å². The molecule has 0 atom stereocenters. The molecule has 1 amide bonds. The summed E-state index contributed by atoms with van der Waals surface area (Å²) >= 11 is 3.14. The van der Waals surface area contributed by atoms with Gasteiger partial charge in [0.1, 0.15) is 5.75 Å². The third-order valence-corrected chi connectivity index (χ3v) is 3.20. The number of phenolic OH excluding ortho intramolecular Hbond substituents is 1. The first kappa shape index (κ1) is 15.0. The van der Waals surface area contributed by atoms with E-state index in [9.17, 15) is 9.90 Å². The summed E-state index contributed by atoms with van der Waals surface area (Å²) < 4.78 is 10.5. The number of benzene rings is 1. The highest BCUT2D eigenvalue weighted by Gasteiger charge is 2.12. The van der Waals surface area contributed by atoms with E-state index < -0.39 is 5.91 Å². The smallest absolute Gasteiger partial charge is 0.258 e. The Morgan fingerprint density at radius 1 is 1.19 bits per heavy atom. The molecule has 1 aromatic carbocycles. The molecule has 7 nitrogen and oxygen atoms in total. The summed E-state index contributed by atoms with van der Waals surface area (Å²) in [4.78, 5) is 20.1. The molecule has 0 fully saturated rings. The Bertz CT molecular complexity index is 656. The Balaban J connectivity index is 2.24. The molecule has 0 radical (unpaired) electrons. The molecule has 0 saturated carbocycles. The van der Waals surface area contributed by atoms with Crippen LogP contribution in [-0.4, -0.2) is 35.2 Å². The molecule has 2 rings (SSSR count). The van der Waals surface area contributed by atoms with Gasteiger partial charge in [-0.25, -0.2) is 0 Å². The van der Waals surface area contributed by atoms with Crippen LogP contribution in [0.15, 0.2) is 28.7 Å². The molecule has 0 aliphatic carbocycles. The molecule has 0 bridgehead atoms. The van der Waals surface area contributed by atoms with E-state index in [0.29, 0.717) is 4.47 Å². The lowest BCUT2D eigenvalue weighted by Gasteiger charge is -2.08. The number of carbonyl (C=O) groups is 1. The highest BCUT2D eigenvalue weighted by Crippen LogP contribution is 2.25. The highest BCUT2D eigenvalue weighted by molar-refractivity contribution is 9.10. The predicted octanol–water partition coefficient (Wildman–Crippen LogP) is 2.21. The van der Waals surface area contributed by atoms with Crippen molar-refractivity contribution in [1.29, 1.82) is 0 Å². The van der Waals surface area contributed by atoms with Crippen LogP contribution in [0.5, 0.6) is 17.5 Å². The minimum atomic E-state index is -0.465. The molecule has 8 heteroatoms. The molecule has 0 aliphatic heterocycles. The van der Waals surface area contributed by atoms with E-state index in [1.807, 2.05) is 0 Å². The van der Waals surface area contributed by atoms with Gasteiger partial charge in [0, 0.05) is 5.56 Å². The topological polar surface area (TPSA) is 93.6 Å². The van der Waals surface area contributed by atoms with E-state index in [-0.39, 0.29) is 29.0 Å². The minimum absolute atomic E-state index is 0.0354. The Labute approximate surface area is 129 Å². The number of nitrogens with zero attached hydrogens (tertiary/aromatic N) is 2. The van der Waals surface area contributed by atoms with Crippen LogP contribution in [0.3, 0.4) is 0 Å². The van der Waals surface area contributed by atoms with Crippen molar-refractivity contribution in [3.63, 3.8) is 0 Å². The van der Waals surface area contributed by atoms with Crippen LogP contribution in [0.4, 0.5) is 5.95 Å². The summed E-state index contributed by atoms with van der Waals surface area (Å²) in [6.07, 6.45) is 0. The molecular formula is C13H12BrN3O4. The molecule has 21 heavy (non-hydrogen) atoms. The van der Waals surface area contributed by atoms with Gasteiger partial charge in [0.15, 0.2) is 0 Å². The second-order valence-corrected chi connectivity index (χ2v) is 4.75. The Hall–Kier alpha value is -2.35. The molecule has 0 spiro atoms. The number of methoxy groups -OCH3 is 2. The number of hydrogen-bond acceptors (Lipinski definition) is 6. The van der Waals surface area contributed by atoms with Crippen molar-refractivity contribution >= 4 is 27.8 Å². The predicted molar refractivity (Wildman–Crippen MR) is 78.9 cm³/mol. The number of anilines is 1. The Morgan fingerprint density at radius 2 is 1.81 bits per heavy atom. The second-order valence-electron chi connectivity index (χ2n) is 3.90. The molecule has 1 aromatic heterocycles. The van der Waals surface area contributed by atoms with Gasteiger partial charge in [0.25, 0.3) is 5.91 Å². The number of phenols is 1. The Kier molecular flexibility index (Phi) is 4.59. The summed E-state index contributed by atoms with van der Waals surface area (Å²) in [6.45, 7) is 0. The first-order valence-corrected chi connectivity index (χ1v) is 6.59. The normalized spacial score (nSPS) is 10.0. The number of amides is 1. The summed E-state index contributed by atoms with van der Waals surface area (Å²) in [5, 5.41) is 12.1. The lowest BCUT2D eigenvalue weighted by Crippen LogP contribution is -2.14. The monoisotopic (exact) mass is 353 g/mol. The number of halogens is 1. The zero-order valence-corrected chi connectivity index (χ0v) is 12.8. The van der Waals surface area contributed by atoms with Gasteiger partial charge in [0.2, 0.25) is 17.7 Å². The van der Waals surface area contributed by atoms with Gasteiger partial charge in [0.05, 0.1) is 24.8 Å². The fourth-order valence-corrected chi connectivity index (χ4v) is 1.74. The largest absolute Gasteiger partial charge is 0.507 e. The molecule has 0 aliphatic rings. The van der Waals surface area contributed by atoms with Crippen molar-refractivity contribution in [2.24, 2.45) is 0 Å². The van der Waals surface area contributed by atoms with Crippen LogP contribution in [0.2, 0.25) is 0 Å². The average molecular weight is 354 g/mol. The summed E-state index contributed by atoms with van der Waals surface area (Å²) in [7, 11) is 2.89. The number of hydrogen-bond donors (Lipinski definition) is 2. The average Bonchev–Trinajstić information content (AvgIpc) is 2.49. The van der Waals surface area contributed by atoms with E-state index in [4.69, 9.17) is 9.47 Å². The van der Waals surface area contributed by atoms with Crippen molar-refractivity contribution in [2.75, 3.05) is 19.5 Å². The third-order valence-electron chi connectivity index (χ3n) is 2.53. The van der Waals surface area contributed by atoms with Gasteiger partial charge in [-0.3, -0.25) is 10.1 Å². The lowest BCUT2D eigenvalue weighted by molar-refractivity contribution is 0.102. The number of nitrogens with one attached hydrogen (secondary N) is 1. The van der Waals surface area contributed by atoms with Gasteiger partial charge in [-0.2, -0.15) is 9.97 Å². The Morgan fingerprint density at radius 3 is 2.33 bits per heavy atom. The second kappa shape index (κ2) is 6.40. The van der Waals surface area contributed by atoms with Crippen LogP contribution in [0.25, 0.3) is 0 Å². The van der Waals surface area contributed by atoms with Crippen molar-refractivity contribution in [2.45, 2.75) is 0 Å². The molecule has 2 N–H and O–H groups in total. The maximum atomic E-state index is 12.1. The maximum absolute atomic E-state index is 12.1. The fraction of sp³-hybridized carbons (Fsp3) is 0.154. The van der Waals surface area contributed by atoms with Crippen molar-refractivity contribution in [3.8, 4) is 17.5 Å². The molecule has 110 valence electrons. The van der Waals surface area contributed by atoms with E-state index >= 15 is 0 Å². The third kappa shape index (κ3) is 3.60. The van der Waals surface area contributed by atoms with Crippen LogP contribution in [-0.2, 0) is 0 Å². The highest BCUT2D eigenvalue weighted by atomic mass is 79.9. The lowest BCUT2D eigenvalue weighted by atomic mass is 10.2. The van der Waals surface area contributed by atoms with Gasteiger partial charge in [-0.15, -0.1) is 0 Å². The van der Waals surface area contributed by atoms with Crippen molar-refractivity contribution in [3.05, 3.63) is 34.3 Å². The zero-order valence-electron chi connectivity index (χ0n) is 11.3. The number of aromatic hydroxyl groups is 1. The van der Waals surface area contributed by atoms with E-state index in [1.54, 1.807) is 12.1 Å².